The number of nitrogens with two attached hydrogens (primary N) is 1. The molecule has 1 unspecified atom stereocenters. The minimum Gasteiger partial charge on any atom is -0.423 e. The lowest BCUT2D eigenvalue weighted by Gasteiger charge is -2.15. The SMILES string of the molecule is NS(=O)(=O)CC1CC(=O)N(c2ccc(B(O)O)cn2)C1. The van der Waals surface area contributed by atoms with Crippen molar-refractivity contribution in [3.05, 3.63) is 18.3 Å². The maximum Gasteiger partial charge on any atom is 0.490 e. The molecule has 8 nitrogen and oxygen atoms in total. The van der Waals surface area contributed by atoms with Gasteiger partial charge in [-0.15, -0.1) is 0 Å². The monoisotopic (exact) mass is 299 g/mol. The summed E-state index contributed by atoms with van der Waals surface area (Å²) in [4.78, 5) is 17.2. The summed E-state index contributed by atoms with van der Waals surface area (Å²) in [5.74, 6) is -0.495. The number of nitrogens with zero attached hydrogens (tertiary/aromatic N) is 2. The van der Waals surface area contributed by atoms with Crippen molar-refractivity contribution in [2.75, 3.05) is 17.2 Å². The van der Waals surface area contributed by atoms with E-state index in [2.05, 4.69) is 4.98 Å². The Bertz CT molecular complexity index is 604. The van der Waals surface area contributed by atoms with Gasteiger partial charge in [0.15, 0.2) is 0 Å². The number of amides is 1. The van der Waals surface area contributed by atoms with E-state index >= 15 is 0 Å². The first kappa shape index (κ1) is 14.9. The summed E-state index contributed by atoms with van der Waals surface area (Å²) >= 11 is 0. The van der Waals surface area contributed by atoms with Gasteiger partial charge in [0.05, 0.1) is 5.75 Å². The van der Waals surface area contributed by atoms with Gasteiger partial charge in [-0.25, -0.2) is 18.5 Å². The Labute approximate surface area is 116 Å². The third-order valence-corrected chi connectivity index (χ3v) is 3.95. The van der Waals surface area contributed by atoms with Gasteiger partial charge in [-0.05, 0) is 6.07 Å². The second kappa shape index (κ2) is 5.48. The summed E-state index contributed by atoms with van der Waals surface area (Å²) in [6, 6.07) is 2.92. The molecule has 0 spiro atoms. The zero-order chi connectivity index (χ0) is 14.9. The standard InChI is InChI=1S/C10H14BN3O5S/c12-20(18,19)6-7-3-10(15)14(5-7)9-2-1-8(4-13-9)11(16)17/h1-2,4,7,16-17H,3,5-6H2,(H2,12,18,19). The van der Waals surface area contributed by atoms with Crippen LogP contribution in [0.2, 0.25) is 0 Å². The number of carbonyl (C=O) groups excluding carboxylic acids is 1. The van der Waals surface area contributed by atoms with Crippen molar-refractivity contribution < 1.29 is 23.3 Å². The average Bonchev–Trinajstić information content (AvgIpc) is 2.67. The minimum atomic E-state index is -3.62. The second-order valence-corrected chi connectivity index (χ2v) is 6.39. The minimum absolute atomic E-state index is 0.0997. The highest BCUT2D eigenvalue weighted by molar-refractivity contribution is 7.89. The lowest BCUT2D eigenvalue weighted by Crippen LogP contribution is -2.32. The summed E-state index contributed by atoms with van der Waals surface area (Å²) in [7, 11) is -5.24. The van der Waals surface area contributed by atoms with Crippen LogP contribution in [0, 0.1) is 5.92 Å². The van der Waals surface area contributed by atoms with Crippen LogP contribution in [-0.2, 0) is 14.8 Å². The molecule has 1 fully saturated rings. The van der Waals surface area contributed by atoms with E-state index in [1.165, 1.54) is 23.2 Å². The molecule has 0 bridgehead atoms. The van der Waals surface area contributed by atoms with Crippen LogP contribution in [0.5, 0.6) is 0 Å². The Morgan fingerprint density at radius 2 is 2.15 bits per heavy atom. The number of rotatable bonds is 4. The topological polar surface area (TPSA) is 134 Å². The summed E-state index contributed by atoms with van der Waals surface area (Å²) < 4.78 is 22.1. The molecule has 0 aliphatic carbocycles. The molecule has 1 saturated heterocycles. The van der Waals surface area contributed by atoms with E-state index in [4.69, 9.17) is 15.2 Å². The van der Waals surface area contributed by atoms with E-state index in [-0.39, 0.29) is 36.0 Å². The van der Waals surface area contributed by atoms with Crippen molar-refractivity contribution in [1.82, 2.24) is 4.98 Å². The molecule has 20 heavy (non-hydrogen) atoms. The zero-order valence-electron chi connectivity index (χ0n) is 10.5. The van der Waals surface area contributed by atoms with Gasteiger partial charge in [0.2, 0.25) is 15.9 Å². The molecule has 108 valence electrons. The molecule has 1 amide bonds. The zero-order valence-corrected chi connectivity index (χ0v) is 11.3. The Morgan fingerprint density at radius 3 is 2.65 bits per heavy atom. The number of sulfonamides is 1. The first-order valence-corrected chi connectivity index (χ1v) is 7.61. The maximum absolute atomic E-state index is 11.8. The summed E-state index contributed by atoms with van der Waals surface area (Å²) in [5, 5.41) is 22.9. The van der Waals surface area contributed by atoms with Gasteiger partial charge in [0, 0.05) is 30.5 Å². The van der Waals surface area contributed by atoms with Crippen LogP contribution in [0.4, 0.5) is 5.82 Å². The Balaban J connectivity index is 2.11. The quantitative estimate of drug-likeness (QED) is 0.522. The Morgan fingerprint density at radius 1 is 1.45 bits per heavy atom. The molecular formula is C10H14BN3O5S. The molecule has 1 aliphatic heterocycles. The van der Waals surface area contributed by atoms with Crippen LogP contribution in [0.25, 0.3) is 0 Å². The highest BCUT2D eigenvalue weighted by atomic mass is 32.2. The number of pyridine rings is 1. The van der Waals surface area contributed by atoms with Crippen molar-refractivity contribution in [2.24, 2.45) is 11.1 Å². The number of primary sulfonamides is 1. The fraction of sp³-hybridized carbons (Fsp3) is 0.400. The lowest BCUT2D eigenvalue weighted by atomic mass is 9.82. The van der Waals surface area contributed by atoms with Gasteiger partial charge in [0.1, 0.15) is 5.82 Å². The van der Waals surface area contributed by atoms with E-state index in [1.54, 1.807) is 0 Å². The van der Waals surface area contributed by atoms with Gasteiger partial charge < -0.3 is 10.0 Å². The molecule has 0 aromatic carbocycles. The largest absolute Gasteiger partial charge is 0.490 e. The highest BCUT2D eigenvalue weighted by Gasteiger charge is 2.33. The second-order valence-electron chi connectivity index (χ2n) is 4.73. The first-order valence-electron chi connectivity index (χ1n) is 5.89. The van der Waals surface area contributed by atoms with E-state index in [9.17, 15) is 13.2 Å². The molecule has 4 N–H and O–H groups in total. The van der Waals surface area contributed by atoms with Crippen LogP contribution in [-0.4, -0.2) is 48.8 Å². The number of hydrogen-bond donors (Lipinski definition) is 3. The number of carbonyl (C=O) groups is 1. The summed E-state index contributed by atoms with van der Waals surface area (Å²) in [5.41, 5.74) is 0.210. The summed E-state index contributed by atoms with van der Waals surface area (Å²) in [6.45, 7) is 0.225. The van der Waals surface area contributed by atoms with Crippen LogP contribution in [0.15, 0.2) is 18.3 Å². The van der Waals surface area contributed by atoms with Crippen LogP contribution in [0.1, 0.15) is 6.42 Å². The van der Waals surface area contributed by atoms with E-state index in [0.717, 1.165) is 0 Å². The van der Waals surface area contributed by atoms with Crippen molar-refractivity contribution in [3.63, 3.8) is 0 Å². The van der Waals surface area contributed by atoms with Crippen molar-refractivity contribution >= 4 is 34.3 Å². The molecule has 1 aromatic heterocycles. The normalized spacial score (nSPS) is 19.4. The third-order valence-electron chi connectivity index (χ3n) is 3.02. The highest BCUT2D eigenvalue weighted by Crippen LogP contribution is 2.23. The lowest BCUT2D eigenvalue weighted by molar-refractivity contribution is -0.117. The fourth-order valence-corrected chi connectivity index (χ4v) is 3.03. The molecule has 2 heterocycles. The van der Waals surface area contributed by atoms with Gasteiger partial charge in [-0.1, -0.05) is 6.07 Å². The third kappa shape index (κ3) is 3.54. The van der Waals surface area contributed by atoms with Gasteiger partial charge in [-0.3, -0.25) is 9.69 Å². The molecule has 1 aromatic rings. The van der Waals surface area contributed by atoms with E-state index in [1.807, 2.05) is 0 Å². The van der Waals surface area contributed by atoms with E-state index in [0.29, 0.717) is 5.82 Å². The van der Waals surface area contributed by atoms with Crippen LogP contribution < -0.4 is 15.5 Å². The molecule has 0 radical (unpaired) electrons. The molecular weight excluding hydrogens is 285 g/mol. The molecule has 1 aliphatic rings. The average molecular weight is 299 g/mol. The molecule has 2 rings (SSSR count). The van der Waals surface area contributed by atoms with Crippen molar-refractivity contribution in [2.45, 2.75) is 6.42 Å². The number of aromatic nitrogens is 1. The van der Waals surface area contributed by atoms with Crippen LogP contribution >= 0.6 is 0 Å². The Kier molecular flexibility index (Phi) is 4.09. The predicted octanol–water partition coefficient (Wildman–Crippen LogP) is -2.60. The van der Waals surface area contributed by atoms with Gasteiger partial charge in [0.25, 0.3) is 0 Å². The van der Waals surface area contributed by atoms with Crippen molar-refractivity contribution in [3.8, 4) is 0 Å². The van der Waals surface area contributed by atoms with Gasteiger partial charge >= 0.3 is 7.12 Å². The Hall–Kier alpha value is -1.49. The molecule has 1 atom stereocenters. The number of hydrogen-bond acceptors (Lipinski definition) is 6. The fourth-order valence-electron chi connectivity index (χ4n) is 2.15. The first-order chi connectivity index (χ1) is 9.26. The van der Waals surface area contributed by atoms with Crippen molar-refractivity contribution in [1.29, 1.82) is 0 Å². The van der Waals surface area contributed by atoms with Gasteiger partial charge in [-0.2, -0.15) is 0 Å². The molecule has 10 heteroatoms. The predicted molar refractivity (Wildman–Crippen MR) is 72.5 cm³/mol. The number of anilines is 1. The molecule has 0 saturated carbocycles. The smallest absolute Gasteiger partial charge is 0.423 e. The van der Waals surface area contributed by atoms with Crippen LogP contribution in [0.3, 0.4) is 0 Å². The summed E-state index contributed by atoms with van der Waals surface area (Å²) in [6.07, 6.45) is 1.35. The van der Waals surface area contributed by atoms with E-state index < -0.39 is 17.1 Å². The maximum atomic E-state index is 11.8.